The number of aliphatic hydroxyl groups is 5. The van der Waals surface area contributed by atoms with Crippen LogP contribution in [0.15, 0.2) is 0 Å². The van der Waals surface area contributed by atoms with Crippen LogP contribution < -0.4 is 74.1 Å². The van der Waals surface area contributed by atoms with Crippen molar-refractivity contribution in [3.05, 3.63) is 5.73 Å². The second-order valence-corrected chi connectivity index (χ2v) is 7.29. The van der Waals surface area contributed by atoms with Crippen LogP contribution >= 0.6 is 0 Å². The number of carbonyl (C=O) groups is 3. The number of nitrogens with one attached hydrogen (secondary N) is 4. The molecule has 0 aliphatic carbocycles. The third kappa shape index (κ3) is 15.7. The van der Waals surface area contributed by atoms with Gasteiger partial charge in [0.05, 0.1) is 12.7 Å². The molecule has 0 radical (unpaired) electrons. The van der Waals surface area contributed by atoms with Crippen LogP contribution in [0.2, 0.25) is 0 Å². The van der Waals surface area contributed by atoms with Crippen molar-refractivity contribution in [3.8, 4) is 0 Å². The van der Waals surface area contributed by atoms with Crippen molar-refractivity contribution in [2.45, 2.75) is 75.9 Å². The fourth-order valence-electron chi connectivity index (χ4n) is 2.51. The second-order valence-electron chi connectivity index (χ2n) is 7.29. The maximum absolute atomic E-state index is 11.9. The van der Waals surface area contributed by atoms with E-state index in [1.807, 2.05) is 0 Å². The Balaban J connectivity index is 0. The van der Waals surface area contributed by atoms with E-state index >= 15 is 0 Å². The Morgan fingerprint density at radius 3 is 2.03 bits per heavy atom. The van der Waals surface area contributed by atoms with Crippen molar-refractivity contribution in [1.82, 2.24) is 16.0 Å². The summed E-state index contributed by atoms with van der Waals surface area (Å²) in [5, 5.41) is 54.3. The average Bonchev–Trinajstić information content (AvgIpc) is 2.76. The minimum absolute atomic E-state index is 0. The van der Waals surface area contributed by atoms with Gasteiger partial charge in [-0.3, -0.25) is 14.4 Å². The van der Waals surface area contributed by atoms with Gasteiger partial charge in [0.15, 0.2) is 0 Å². The van der Waals surface area contributed by atoms with Crippen LogP contribution in [0.3, 0.4) is 0 Å². The predicted molar refractivity (Wildman–Crippen MR) is 112 cm³/mol. The van der Waals surface area contributed by atoms with Gasteiger partial charge in [-0.1, -0.05) is 32.2 Å². The van der Waals surface area contributed by atoms with Gasteiger partial charge in [0, 0.05) is 32.5 Å². The maximum atomic E-state index is 11.9. The largest absolute Gasteiger partial charge is 1.00 e. The number of carbonyl (C=O) groups excluding carboxylic acids is 3. The summed E-state index contributed by atoms with van der Waals surface area (Å²) in [4.78, 5) is 35.2. The third-order valence-corrected chi connectivity index (χ3v) is 4.56. The van der Waals surface area contributed by atoms with E-state index in [4.69, 9.17) is 10.8 Å². The summed E-state index contributed by atoms with van der Waals surface area (Å²) in [6, 6.07) is -1.21. The maximum Gasteiger partial charge on any atom is 1.00 e. The van der Waals surface area contributed by atoms with E-state index in [1.165, 1.54) is 0 Å². The van der Waals surface area contributed by atoms with Crippen LogP contribution in [-0.4, -0.2) is 100.0 Å². The first-order valence-corrected chi connectivity index (χ1v) is 10.5. The van der Waals surface area contributed by atoms with Crippen LogP contribution in [0, 0.1) is 0 Å². The average molecular weight is 535 g/mol. The summed E-state index contributed by atoms with van der Waals surface area (Å²) < 4.78 is 0. The van der Waals surface area contributed by atoms with E-state index in [9.17, 15) is 34.8 Å². The minimum Gasteiger partial charge on any atom is -0.667 e. The molecule has 3 amide bonds. The normalized spacial score (nSPS) is 15.5. The molecule has 182 valence electrons. The molecule has 0 bridgehead atoms. The van der Waals surface area contributed by atoms with Crippen molar-refractivity contribution in [1.29, 1.82) is 0 Å². The number of rotatable bonds is 17. The summed E-state index contributed by atoms with van der Waals surface area (Å²) in [7, 11) is 0. The summed E-state index contributed by atoms with van der Waals surface area (Å²) in [5.41, 5.74) is 7.76. The van der Waals surface area contributed by atoms with Crippen molar-refractivity contribution in [2.75, 3.05) is 26.2 Å². The smallest absolute Gasteiger partial charge is 0.667 e. The van der Waals surface area contributed by atoms with Gasteiger partial charge in [-0.2, -0.15) is 0 Å². The zero-order valence-electron chi connectivity index (χ0n) is 18.9. The van der Waals surface area contributed by atoms with Gasteiger partial charge in [-0.05, 0) is 6.42 Å². The van der Waals surface area contributed by atoms with Gasteiger partial charge in [0.25, 0.3) is 0 Å². The quantitative estimate of drug-likeness (QED) is 0.0841. The molecule has 9 N–H and O–H groups in total. The van der Waals surface area contributed by atoms with Crippen molar-refractivity contribution >= 4 is 17.7 Å². The first-order chi connectivity index (χ1) is 14.6. The van der Waals surface area contributed by atoms with Crippen LogP contribution in [0.25, 0.3) is 5.73 Å². The van der Waals surface area contributed by atoms with E-state index in [2.05, 4.69) is 22.9 Å². The molecule has 0 saturated heterocycles. The number of amides is 3. The third-order valence-electron chi connectivity index (χ3n) is 4.56. The molecule has 0 aliphatic rings. The van der Waals surface area contributed by atoms with E-state index < -0.39 is 55.4 Å². The van der Waals surface area contributed by atoms with Crippen LogP contribution in [0.5, 0.6) is 0 Å². The number of unbranched alkanes of at least 4 members (excludes halogenated alkanes) is 2. The fraction of sp³-hybridized carbons (Fsp3) is 0.842. The molecule has 0 aromatic carbocycles. The molecule has 12 nitrogen and oxygen atoms in total. The van der Waals surface area contributed by atoms with E-state index in [0.29, 0.717) is 6.54 Å². The first-order valence-electron chi connectivity index (χ1n) is 10.5. The molecule has 13 heteroatoms. The van der Waals surface area contributed by atoms with Gasteiger partial charge in [0.2, 0.25) is 17.7 Å². The van der Waals surface area contributed by atoms with Crippen LogP contribution in [0.4, 0.5) is 0 Å². The Morgan fingerprint density at radius 1 is 0.844 bits per heavy atom. The molecule has 0 fully saturated rings. The molecule has 0 aromatic rings. The van der Waals surface area contributed by atoms with Gasteiger partial charge < -0.3 is 47.2 Å². The topological polar surface area (TPSA) is 212 Å². The Hall–Kier alpha value is -0.0248. The second kappa shape index (κ2) is 20.4. The molecule has 5 atom stereocenters. The van der Waals surface area contributed by atoms with Crippen LogP contribution in [0.1, 0.15) is 45.4 Å². The Kier molecular flexibility index (Phi) is 21.7. The van der Waals surface area contributed by atoms with Gasteiger partial charge in [0.1, 0.15) is 18.3 Å². The number of aliphatic hydroxyl groups excluding tert-OH is 5. The molecule has 0 rings (SSSR count). The minimum atomic E-state index is -1.79. The van der Waals surface area contributed by atoms with Crippen molar-refractivity contribution in [2.24, 2.45) is 0 Å². The number of hydrogen-bond acceptors (Lipinski definition) is 8. The molecule has 0 spiro atoms. The summed E-state index contributed by atoms with van der Waals surface area (Å²) in [6.45, 7) is 1.49. The molecule has 0 unspecified atom stereocenters. The molecule has 0 saturated carbocycles. The van der Waals surface area contributed by atoms with Gasteiger partial charge in [-0.25, -0.2) is 0 Å². The zero-order chi connectivity index (χ0) is 23.8. The fourth-order valence-corrected chi connectivity index (χ4v) is 2.51. The van der Waals surface area contributed by atoms with E-state index in [0.717, 1.165) is 19.3 Å². The van der Waals surface area contributed by atoms with Gasteiger partial charge >= 0.3 is 58.2 Å². The molecule has 0 aromatic heterocycles. The number of hydrogen-bond donors (Lipinski definition) is 8. The molecular formula is C19H37N4O8Rb. The Labute approximate surface area is 237 Å². The molecular weight excluding hydrogens is 498 g/mol. The Morgan fingerprint density at radius 2 is 1.44 bits per heavy atom. The van der Waals surface area contributed by atoms with Crippen molar-refractivity contribution < 1.29 is 98.1 Å². The standard InChI is InChI=1S/C19H37N4O8.Rb/c1-2-3-4-8-21-16(28)7-9-22-19(31)12(20)5-6-15(27)23-10-13(25)17(29)18(30)14(26)11-24;/h12-14,17-18,20,24-26,29-30H,2-11H2,1H3,(H,21,28)(H,22,31)(H,23,27);/q-1;+1/t12-,13-,14+,17+,18+;/m0./s1. The first kappa shape index (κ1) is 34.1. The zero-order valence-corrected chi connectivity index (χ0v) is 23.8. The Bertz CT molecular complexity index is 543. The van der Waals surface area contributed by atoms with E-state index in [1.54, 1.807) is 0 Å². The summed E-state index contributed by atoms with van der Waals surface area (Å²) in [5.74, 6) is -1.38. The summed E-state index contributed by atoms with van der Waals surface area (Å²) >= 11 is 0. The predicted octanol–water partition coefficient (Wildman–Crippen LogP) is -5.44. The summed E-state index contributed by atoms with van der Waals surface area (Å²) in [6.07, 6.45) is -4.03. The van der Waals surface area contributed by atoms with Crippen molar-refractivity contribution in [3.63, 3.8) is 0 Å². The molecule has 0 heterocycles. The van der Waals surface area contributed by atoms with E-state index in [-0.39, 0.29) is 89.9 Å². The SMILES string of the molecule is CCCCCNC(=O)CCNC(=O)[C@@H]([NH-])CCC(=O)NC[C@H](O)[C@@H](O)[C@H](O)[C@H](O)CO.[Rb+]. The molecule has 32 heavy (non-hydrogen) atoms. The molecule has 0 aliphatic heterocycles. The van der Waals surface area contributed by atoms with Gasteiger partial charge in [-0.15, -0.1) is 0 Å². The van der Waals surface area contributed by atoms with Crippen LogP contribution in [-0.2, 0) is 14.4 Å². The monoisotopic (exact) mass is 534 g/mol.